The van der Waals surface area contributed by atoms with Crippen molar-refractivity contribution in [1.82, 2.24) is 10.6 Å². The summed E-state index contributed by atoms with van der Waals surface area (Å²) in [6.07, 6.45) is 2.01. The lowest BCUT2D eigenvalue weighted by Gasteiger charge is -2.22. The van der Waals surface area contributed by atoms with Crippen LogP contribution >= 0.6 is 0 Å². The van der Waals surface area contributed by atoms with Crippen LogP contribution in [-0.2, 0) is 9.53 Å². The van der Waals surface area contributed by atoms with Gasteiger partial charge in [-0.1, -0.05) is 13.3 Å². The molecule has 0 aliphatic carbocycles. The predicted octanol–water partition coefficient (Wildman–Crippen LogP) is -0.109. The second-order valence-electron chi connectivity index (χ2n) is 3.23. The molecule has 1 atom stereocenters. The van der Waals surface area contributed by atoms with Crippen LogP contribution in [0.3, 0.4) is 0 Å². The number of carbonyl (C=O) groups is 1. The summed E-state index contributed by atoms with van der Waals surface area (Å²) in [6, 6.07) is -0.148. The van der Waals surface area contributed by atoms with E-state index in [9.17, 15) is 4.79 Å². The molecule has 0 amide bonds. The number of hydrogen-bond acceptors (Lipinski definition) is 4. The maximum atomic E-state index is 11.3. The third-order valence-electron chi connectivity index (χ3n) is 2.07. The molecule has 76 valence electrons. The molecule has 1 heterocycles. The Labute approximate surface area is 79.0 Å². The molecule has 13 heavy (non-hydrogen) atoms. The van der Waals surface area contributed by atoms with Gasteiger partial charge in [0.25, 0.3) is 0 Å². The zero-order valence-electron chi connectivity index (χ0n) is 8.14. The summed E-state index contributed by atoms with van der Waals surface area (Å²) in [5.41, 5.74) is 0. The standard InChI is InChI=1S/C9H18N2O2/c1-2-3-6-13-9(12)8-7-10-4-5-11-8/h8,10-11H,2-7H2,1H3. The third-order valence-corrected chi connectivity index (χ3v) is 2.07. The van der Waals surface area contributed by atoms with Crippen molar-refractivity contribution in [2.45, 2.75) is 25.8 Å². The number of ether oxygens (including phenoxy) is 1. The fraction of sp³-hybridized carbons (Fsp3) is 0.889. The third kappa shape index (κ3) is 3.74. The van der Waals surface area contributed by atoms with Crippen LogP contribution in [0.4, 0.5) is 0 Å². The predicted molar refractivity (Wildman–Crippen MR) is 50.5 cm³/mol. The highest BCUT2D eigenvalue weighted by Crippen LogP contribution is 1.94. The number of unbranched alkanes of at least 4 members (excludes halogenated alkanes) is 1. The van der Waals surface area contributed by atoms with Crippen molar-refractivity contribution in [2.75, 3.05) is 26.2 Å². The van der Waals surface area contributed by atoms with Gasteiger partial charge in [0.2, 0.25) is 0 Å². The number of piperazine rings is 1. The van der Waals surface area contributed by atoms with Crippen LogP contribution in [0.2, 0.25) is 0 Å². The highest BCUT2D eigenvalue weighted by atomic mass is 16.5. The molecule has 1 saturated heterocycles. The molecule has 0 radical (unpaired) electrons. The zero-order chi connectivity index (χ0) is 9.52. The Morgan fingerprint density at radius 3 is 3.00 bits per heavy atom. The van der Waals surface area contributed by atoms with Gasteiger partial charge >= 0.3 is 5.97 Å². The lowest BCUT2D eigenvalue weighted by Crippen LogP contribution is -2.52. The molecule has 1 aliphatic heterocycles. The van der Waals surface area contributed by atoms with E-state index >= 15 is 0 Å². The van der Waals surface area contributed by atoms with E-state index in [4.69, 9.17) is 4.74 Å². The van der Waals surface area contributed by atoms with Gasteiger partial charge in [0.15, 0.2) is 0 Å². The molecule has 0 spiro atoms. The minimum absolute atomic E-state index is 0.124. The normalized spacial score (nSPS) is 22.7. The number of nitrogens with one attached hydrogen (secondary N) is 2. The second-order valence-corrected chi connectivity index (χ2v) is 3.23. The number of carbonyl (C=O) groups excluding carboxylic acids is 1. The average molecular weight is 186 g/mol. The summed E-state index contributed by atoms with van der Waals surface area (Å²) >= 11 is 0. The van der Waals surface area contributed by atoms with Crippen LogP contribution in [0.25, 0.3) is 0 Å². The Morgan fingerprint density at radius 2 is 2.38 bits per heavy atom. The molecule has 0 aromatic rings. The largest absolute Gasteiger partial charge is 0.464 e. The van der Waals surface area contributed by atoms with Gasteiger partial charge in [0.1, 0.15) is 6.04 Å². The van der Waals surface area contributed by atoms with Gasteiger partial charge in [-0.3, -0.25) is 4.79 Å². The molecule has 0 bridgehead atoms. The molecular formula is C9H18N2O2. The second kappa shape index (κ2) is 5.94. The molecule has 1 aliphatic rings. The summed E-state index contributed by atoms with van der Waals surface area (Å²) in [4.78, 5) is 11.3. The lowest BCUT2D eigenvalue weighted by atomic mass is 10.2. The van der Waals surface area contributed by atoms with E-state index in [0.29, 0.717) is 13.2 Å². The fourth-order valence-corrected chi connectivity index (χ4v) is 1.24. The first-order chi connectivity index (χ1) is 6.34. The Morgan fingerprint density at radius 1 is 1.54 bits per heavy atom. The molecular weight excluding hydrogens is 168 g/mol. The fourth-order valence-electron chi connectivity index (χ4n) is 1.24. The van der Waals surface area contributed by atoms with Crippen LogP contribution in [-0.4, -0.2) is 38.3 Å². The molecule has 1 fully saturated rings. The van der Waals surface area contributed by atoms with E-state index in [2.05, 4.69) is 17.6 Å². The molecule has 0 aromatic carbocycles. The molecule has 4 nitrogen and oxygen atoms in total. The first-order valence-corrected chi connectivity index (χ1v) is 4.95. The van der Waals surface area contributed by atoms with E-state index in [1.54, 1.807) is 0 Å². The van der Waals surface area contributed by atoms with Crippen molar-refractivity contribution in [3.8, 4) is 0 Å². The Hall–Kier alpha value is -0.610. The lowest BCUT2D eigenvalue weighted by molar-refractivity contribution is -0.146. The summed E-state index contributed by atoms with van der Waals surface area (Å²) < 4.78 is 5.08. The summed E-state index contributed by atoms with van der Waals surface area (Å²) in [6.45, 7) is 5.08. The first-order valence-electron chi connectivity index (χ1n) is 4.95. The van der Waals surface area contributed by atoms with E-state index in [1.165, 1.54) is 0 Å². The Bertz CT molecular complexity index is 156. The Balaban J connectivity index is 2.13. The van der Waals surface area contributed by atoms with Crippen molar-refractivity contribution in [1.29, 1.82) is 0 Å². The molecule has 4 heteroatoms. The first kappa shape index (κ1) is 10.5. The van der Waals surface area contributed by atoms with E-state index < -0.39 is 0 Å². The quantitative estimate of drug-likeness (QED) is 0.475. The number of esters is 1. The van der Waals surface area contributed by atoms with Gasteiger partial charge in [0, 0.05) is 19.6 Å². The van der Waals surface area contributed by atoms with Crippen molar-refractivity contribution >= 4 is 5.97 Å². The number of hydrogen-bond donors (Lipinski definition) is 2. The smallest absolute Gasteiger partial charge is 0.324 e. The zero-order valence-corrected chi connectivity index (χ0v) is 8.14. The maximum absolute atomic E-state index is 11.3. The van der Waals surface area contributed by atoms with Crippen molar-refractivity contribution in [3.63, 3.8) is 0 Å². The van der Waals surface area contributed by atoms with E-state index in [1.807, 2.05) is 0 Å². The maximum Gasteiger partial charge on any atom is 0.324 e. The van der Waals surface area contributed by atoms with Crippen molar-refractivity contribution < 1.29 is 9.53 Å². The molecule has 1 unspecified atom stereocenters. The SMILES string of the molecule is CCCCOC(=O)C1CNCCN1. The molecule has 0 aromatic heterocycles. The van der Waals surface area contributed by atoms with Crippen molar-refractivity contribution in [2.24, 2.45) is 0 Å². The minimum Gasteiger partial charge on any atom is -0.464 e. The van der Waals surface area contributed by atoms with Crippen LogP contribution in [0.5, 0.6) is 0 Å². The van der Waals surface area contributed by atoms with Crippen LogP contribution in [0.15, 0.2) is 0 Å². The van der Waals surface area contributed by atoms with Crippen LogP contribution in [0.1, 0.15) is 19.8 Å². The molecule has 1 rings (SSSR count). The van der Waals surface area contributed by atoms with Crippen LogP contribution < -0.4 is 10.6 Å². The van der Waals surface area contributed by atoms with Crippen LogP contribution in [0, 0.1) is 0 Å². The average Bonchev–Trinajstić information content (AvgIpc) is 2.19. The van der Waals surface area contributed by atoms with Gasteiger partial charge < -0.3 is 15.4 Å². The summed E-state index contributed by atoms with van der Waals surface area (Å²) in [5.74, 6) is -0.124. The van der Waals surface area contributed by atoms with Crippen molar-refractivity contribution in [3.05, 3.63) is 0 Å². The highest BCUT2D eigenvalue weighted by molar-refractivity contribution is 5.76. The van der Waals surface area contributed by atoms with E-state index in [-0.39, 0.29) is 12.0 Å². The minimum atomic E-state index is -0.148. The topological polar surface area (TPSA) is 50.4 Å². The van der Waals surface area contributed by atoms with Gasteiger partial charge in [-0.25, -0.2) is 0 Å². The van der Waals surface area contributed by atoms with Gasteiger partial charge in [-0.05, 0) is 6.42 Å². The van der Waals surface area contributed by atoms with Gasteiger partial charge in [0.05, 0.1) is 6.61 Å². The summed E-state index contributed by atoms with van der Waals surface area (Å²) in [7, 11) is 0. The molecule has 2 N–H and O–H groups in total. The molecule has 0 saturated carbocycles. The van der Waals surface area contributed by atoms with Gasteiger partial charge in [-0.15, -0.1) is 0 Å². The summed E-state index contributed by atoms with van der Waals surface area (Å²) in [5, 5.41) is 6.25. The monoisotopic (exact) mass is 186 g/mol. The van der Waals surface area contributed by atoms with E-state index in [0.717, 1.165) is 25.9 Å². The van der Waals surface area contributed by atoms with Gasteiger partial charge in [-0.2, -0.15) is 0 Å². The Kier molecular flexibility index (Phi) is 4.78. The highest BCUT2D eigenvalue weighted by Gasteiger charge is 2.20. The number of rotatable bonds is 4.